The molecule has 1 aromatic carbocycles. The number of pyridine rings is 1. The second kappa shape index (κ2) is 5.33. The standard InChI is InChI=1S/C16H15NO2/c18-15(10-12-4-3-8-17-11-12)16-14-6-2-1-5-13(14)7-9-19-16/h1-6,8,11,16H,7,9-10H2. The lowest BCUT2D eigenvalue weighted by molar-refractivity contribution is -0.131. The molecule has 19 heavy (non-hydrogen) atoms. The van der Waals surface area contributed by atoms with E-state index in [1.165, 1.54) is 5.56 Å². The monoisotopic (exact) mass is 253 g/mol. The zero-order valence-corrected chi connectivity index (χ0v) is 10.6. The van der Waals surface area contributed by atoms with Gasteiger partial charge in [-0.1, -0.05) is 30.3 Å². The van der Waals surface area contributed by atoms with Crippen LogP contribution in [-0.4, -0.2) is 17.4 Å². The number of rotatable bonds is 3. The topological polar surface area (TPSA) is 39.2 Å². The number of benzene rings is 1. The first kappa shape index (κ1) is 12.1. The van der Waals surface area contributed by atoms with Crippen molar-refractivity contribution in [2.24, 2.45) is 0 Å². The van der Waals surface area contributed by atoms with E-state index in [-0.39, 0.29) is 5.78 Å². The number of hydrogen-bond donors (Lipinski definition) is 0. The van der Waals surface area contributed by atoms with E-state index in [9.17, 15) is 4.79 Å². The summed E-state index contributed by atoms with van der Waals surface area (Å²) in [6.45, 7) is 0.612. The Balaban J connectivity index is 1.82. The fraction of sp³-hybridized carbons (Fsp3) is 0.250. The van der Waals surface area contributed by atoms with Crippen molar-refractivity contribution < 1.29 is 9.53 Å². The van der Waals surface area contributed by atoms with Gasteiger partial charge >= 0.3 is 0 Å². The van der Waals surface area contributed by atoms with Gasteiger partial charge in [0.15, 0.2) is 5.78 Å². The Bertz CT molecular complexity index is 580. The molecule has 0 N–H and O–H groups in total. The molecule has 0 aliphatic carbocycles. The van der Waals surface area contributed by atoms with Gasteiger partial charge in [0.1, 0.15) is 6.10 Å². The Morgan fingerprint density at radius 3 is 3.00 bits per heavy atom. The summed E-state index contributed by atoms with van der Waals surface area (Å²) in [7, 11) is 0. The van der Waals surface area contributed by atoms with E-state index >= 15 is 0 Å². The van der Waals surface area contributed by atoms with Crippen molar-refractivity contribution in [3.05, 3.63) is 65.5 Å². The Morgan fingerprint density at radius 2 is 2.16 bits per heavy atom. The second-order valence-electron chi connectivity index (χ2n) is 4.70. The molecule has 1 atom stereocenters. The van der Waals surface area contributed by atoms with Crippen LogP contribution in [0.25, 0.3) is 0 Å². The van der Waals surface area contributed by atoms with Crippen molar-refractivity contribution >= 4 is 5.78 Å². The van der Waals surface area contributed by atoms with E-state index < -0.39 is 6.10 Å². The molecule has 1 aliphatic heterocycles. The summed E-state index contributed by atoms with van der Waals surface area (Å²) in [5, 5.41) is 0. The number of ketones is 1. The number of Topliss-reactive ketones (excluding diaryl/α,β-unsaturated/α-hetero) is 1. The number of nitrogens with zero attached hydrogens (tertiary/aromatic N) is 1. The maximum absolute atomic E-state index is 12.4. The molecule has 0 fully saturated rings. The van der Waals surface area contributed by atoms with Crippen molar-refractivity contribution in [2.45, 2.75) is 18.9 Å². The minimum atomic E-state index is -0.426. The molecule has 2 aromatic rings. The fourth-order valence-corrected chi connectivity index (χ4v) is 2.46. The van der Waals surface area contributed by atoms with Crippen LogP contribution in [-0.2, 0) is 22.4 Å². The molecule has 96 valence electrons. The van der Waals surface area contributed by atoms with Gasteiger partial charge in [-0.25, -0.2) is 0 Å². The largest absolute Gasteiger partial charge is 0.365 e. The summed E-state index contributed by atoms with van der Waals surface area (Å²) in [5.41, 5.74) is 3.17. The highest BCUT2D eigenvalue weighted by molar-refractivity contribution is 5.86. The van der Waals surface area contributed by atoms with Crippen LogP contribution < -0.4 is 0 Å². The number of aromatic nitrogens is 1. The van der Waals surface area contributed by atoms with Crippen LogP contribution in [0.4, 0.5) is 0 Å². The van der Waals surface area contributed by atoms with E-state index in [1.54, 1.807) is 12.4 Å². The van der Waals surface area contributed by atoms with Crippen LogP contribution in [0.3, 0.4) is 0 Å². The van der Waals surface area contributed by atoms with Crippen LogP contribution in [0.2, 0.25) is 0 Å². The molecule has 3 heteroatoms. The van der Waals surface area contributed by atoms with Crippen molar-refractivity contribution in [1.82, 2.24) is 4.98 Å². The lowest BCUT2D eigenvalue weighted by Gasteiger charge is -2.25. The molecule has 0 bridgehead atoms. The second-order valence-corrected chi connectivity index (χ2v) is 4.70. The molecule has 0 spiro atoms. The SMILES string of the molecule is O=C(Cc1cccnc1)C1OCCc2ccccc21. The minimum Gasteiger partial charge on any atom is -0.365 e. The third-order valence-electron chi connectivity index (χ3n) is 3.39. The normalized spacial score (nSPS) is 17.8. The van der Waals surface area contributed by atoms with E-state index in [0.717, 1.165) is 17.5 Å². The predicted molar refractivity (Wildman–Crippen MR) is 71.8 cm³/mol. The summed E-state index contributed by atoms with van der Waals surface area (Å²) in [4.78, 5) is 16.4. The third kappa shape index (κ3) is 2.56. The maximum atomic E-state index is 12.4. The zero-order chi connectivity index (χ0) is 13.1. The van der Waals surface area contributed by atoms with E-state index in [0.29, 0.717) is 13.0 Å². The predicted octanol–water partition coefficient (Wildman–Crippen LogP) is 2.51. The summed E-state index contributed by atoms with van der Waals surface area (Å²) in [6.07, 6.45) is 4.26. The maximum Gasteiger partial charge on any atom is 0.170 e. The molecular weight excluding hydrogens is 238 g/mol. The minimum absolute atomic E-state index is 0.0974. The van der Waals surface area contributed by atoms with Crippen LogP contribution >= 0.6 is 0 Å². The van der Waals surface area contributed by atoms with Gasteiger partial charge in [-0.15, -0.1) is 0 Å². The van der Waals surface area contributed by atoms with Gasteiger partial charge in [0.25, 0.3) is 0 Å². The molecule has 2 heterocycles. The van der Waals surface area contributed by atoms with Crippen LogP contribution in [0.15, 0.2) is 48.8 Å². The number of fused-ring (bicyclic) bond motifs is 1. The smallest absolute Gasteiger partial charge is 0.170 e. The molecule has 1 aliphatic rings. The van der Waals surface area contributed by atoms with Crippen LogP contribution in [0.5, 0.6) is 0 Å². The molecule has 0 saturated heterocycles. The molecule has 0 saturated carbocycles. The molecule has 3 nitrogen and oxygen atoms in total. The van der Waals surface area contributed by atoms with Gasteiger partial charge in [-0.3, -0.25) is 9.78 Å². The molecule has 1 aromatic heterocycles. The highest BCUT2D eigenvalue weighted by Gasteiger charge is 2.26. The lowest BCUT2D eigenvalue weighted by Crippen LogP contribution is -2.24. The van der Waals surface area contributed by atoms with Gasteiger partial charge in [-0.05, 0) is 29.2 Å². The number of hydrogen-bond acceptors (Lipinski definition) is 3. The Morgan fingerprint density at radius 1 is 1.26 bits per heavy atom. The third-order valence-corrected chi connectivity index (χ3v) is 3.39. The number of carbonyl (C=O) groups is 1. The van der Waals surface area contributed by atoms with Gasteiger partial charge in [0, 0.05) is 18.8 Å². The van der Waals surface area contributed by atoms with Crippen molar-refractivity contribution in [2.75, 3.05) is 6.61 Å². The van der Waals surface area contributed by atoms with Crippen molar-refractivity contribution in [3.63, 3.8) is 0 Å². The van der Waals surface area contributed by atoms with Crippen LogP contribution in [0, 0.1) is 0 Å². The quantitative estimate of drug-likeness (QED) is 0.843. The highest BCUT2D eigenvalue weighted by Crippen LogP contribution is 2.28. The first-order valence-electron chi connectivity index (χ1n) is 6.45. The average Bonchev–Trinajstić information content (AvgIpc) is 2.47. The highest BCUT2D eigenvalue weighted by atomic mass is 16.5. The van der Waals surface area contributed by atoms with E-state index in [4.69, 9.17) is 4.74 Å². The first-order chi connectivity index (χ1) is 9.34. The van der Waals surface area contributed by atoms with Crippen LogP contribution in [0.1, 0.15) is 22.8 Å². The number of ether oxygens (including phenoxy) is 1. The summed E-state index contributed by atoms with van der Waals surface area (Å²) in [5.74, 6) is 0.0974. The molecule has 0 amide bonds. The van der Waals surface area contributed by atoms with Gasteiger partial charge in [-0.2, -0.15) is 0 Å². The molecule has 3 rings (SSSR count). The first-order valence-corrected chi connectivity index (χ1v) is 6.45. The van der Waals surface area contributed by atoms with E-state index in [2.05, 4.69) is 11.1 Å². The zero-order valence-electron chi connectivity index (χ0n) is 10.6. The van der Waals surface area contributed by atoms with Crippen molar-refractivity contribution in [1.29, 1.82) is 0 Å². The average molecular weight is 253 g/mol. The molecular formula is C16H15NO2. The Labute approximate surface area is 112 Å². The molecule has 1 unspecified atom stereocenters. The van der Waals surface area contributed by atoms with Gasteiger partial charge in [0.2, 0.25) is 0 Å². The Kier molecular flexibility index (Phi) is 3.38. The molecule has 0 radical (unpaired) electrons. The fourth-order valence-electron chi connectivity index (χ4n) is 2.46. The van der Waals surface area contributed by atoms with Gasteiger partial charge < -0.3 is 4.74 Å². The Hall–Kier alpha value is -2.00. The summed E-state index contributed by atoms with van der Waals surface area (Å²) < 4.78 is 5.67. The number of carbonyl (C=O) groups excluding carboxylic acids is 1. The summed E-state index contributed by atoms with van der Waals surface area (Å²) in [6, 6.07) is 11.8. The summed E-state index contributed by atoms with van der Waals surface area (Å²) >= 11 is 0. The van der Waals surface area contributed by atoms with Crippen molar-refractivity contribution in [3.8, 4) is 0 Å². The van der Waals surface area contributed by atoms with Gasteiger partial charge in [0.05, 0.1) is 6.61 Å². The lowest BCUT2D eigenvalue weighted by atomic mass is 9.93. The van der Waals surface area contributed by atoms with E-state index in [1.807, 2.05) is 30.3 Å².